The van der Waals surface area contributed by atoms with Gasteiger partial charge in [0.15, 0.2) is 0 Å². The second kappa shape index (κ2) is 4.65. The molecule has 4 unspecified atom stereocenters. The lowest BCUT2D eigenvalue weighted by molar-refractivity contribution is 0.323. The number of rotatable bonds is 3. The van der Waals surface area contributed by atoms with Gasteiger partial charge in [0.05, 0.1) is 5.38 Å². The van der Waals surface area contributed by atoms with Crippen molar-refractivity contribution >= 4 is 11.6 Å². The fraction of sp³-hybridized carbons (Fsp3) is 0.625. The summed E-state index contributed by atoms with van der Waals surface area (Å²) in [6.07, 6.45) is 6.81. The summed E-state index contributed by atoms with van der Waals surface area (Å²) in [4.78, 5) is 0. The first kappa shape index (κ1) is 11.6. The summed E-state index contributed by atoms with van der Waals surface area (Å²) in [6, 6.07) is 8.95. The van der Waals surface area contributed by atoms with Crippen molar-refractivity contribution in [2.45, 2.75) is 44.4 Å². The van der Waals surface area contributed by atoms with Gasteiger partial charge in [0.1, 0.15) is 0 Å². The van der Waals surface area contributed by atoms with Crippen LogP contribution in [0.3, 0.4) is 0 Å². The van der Waals surface area contributed by atoms with Crippen molar-refractivity contribution in [2.24, 2.45) is 17.8 Å². The highest BCUT2D eigenvalue weighted by molar-refractivity contribution is 6.21. The highest BCUT2D eigenvalue weighted by atomic mass is 35.5. The Bertz CT molecular complexity index is 381. The zero-order chi connectivity index (χ0) is 11.8. The Labute approximate surface area is 109 Å². The molecule has 1 aromatic rings. The Morgan fingerprint density at radius 1 is 1.18 bits per heavy atom. The Hall–Kier alpha value is -0.490. The summed E-state index contributed by atoms with van der Waals surface area (Å²) in [7, 11) is 0. The molecule has 0 spiro atoms. The van der Waals surface area contributed by atoms with E-state index < -0.39 is 0 Å². The van der Waals surface area contributed by atoms with Crippen LogP contribution in [-0.2, 0) is 6.42 Å². The maximum Gasteiger partial charge on any atom is 0.0616 e. The summed E-state index contributed by atoms with van der Waals surface area (Å²) in [5.41, 5.74) is 2.74. The van der Waals surface area contributed by atoms with Crippen LogP contribution < -0.4 is 0 Å². The molecule has 2 bridgehead atoms. The van der Waals surface area contributed by atoms with E-state index in [0.29, 0.717) is 0 Å². The van der Waals surface area contributed by atoms with Gasteiger partial charge >= 0.3 is 0 Å². The van der Waals surface area contributed by atoms with Crippen LogP contribution in [-0.4, -0.2) is 0 Å². The maximum atomic E-state index is 6.70. The third-order valence-electron chi connectivity index (χ3n) is 4.88. The van der Waals surface area contributed by atoms with Crippen LogP contribution in [0.25, 0.3) is 0 Å². The number of alkyl halides is 1. The Kier molecular flexibility index (Phi) is 3.17. The predicted octanol–water partition coefficient (Wildman–Crippen LogP) is 4.97. The van der Waals surface area contributed by atoms with Crippen LogP contribution in [0.1, 0.15) is 49.1 Å². The van der Waals surface area contributed by atoms with Crippen LogP contribution in [0.5, 0.6) is 0 Å². The second-order valence-electron chi connectivity index (χ2n) is 5.84. The summed E-state index contributed by atoms with van der Waals surface area (Å²) < 4.78 is 0. The number of benzene rings is 1. The van der Waals surface area contributed by atoms with Crippen LogP contribution in [0, 0.1) is 17.8 Å². The third kappa shape index (κ3) is 2.12. The predicted molar refractivity (Wildman–Crippen MR) is 73.4 cm³/mol. The standard InChI is InChI=1S/C16H21Cl/c1-2-11-3-6-13(7-4-11)16(17)15-10-12-5-8-14(15)9-12/h3-4,6-7,12,14-16H,2,5,8-10H2,1H3. The average molecular weight is 249 g/mol. The molecule has 3 rings (SSSR count). The van der Waals surface area contributed by atoms with E-state index >= 15 is 0 Å². The van der Waals surface area contributed by atoms with Crippen LogP contribution >= 0.6 is 11.6 Å². The molecule has 2 aliphatic carbocycles. The van der Waals surface area contributed by atoms with Gasteiger partial charge in [-0.05, 0) is 54.6 Å². The molecule has 17 heavy (non-hydrogen) atoms. The number of hydrogen-bond donors (Lipinski definition) is 0. The van der Waals surface area contributed by atoms with Gasteiger partial charge in [-0.1, -0.05) is 37.6 Å². The first-order valence-electron chi connectivity index (χ1n) is 7.01. The first-order chi connectivity index (χ1) is 8.28. The summed E-state index contributed by atoms with van der Waals surface area (Å²) in [5.74, 6) is 2.64. The van der Waals surface area contributed by atoms with Crippen molar-refractivity contribution in [3.8, 4) is 0 Å². The molecule has 0 aromatic heterocycles. The quantitative estimate of drug-likeness (QED) is 0.663. The molecule has 1 heteroatoms. The molecule has 0 saturated heterocycles. The highest BCUT2D eigenvalue weighted by Gasteiger charge is 2.42. The molecule has 0 amide bonds. The third-order valence-corrected chi connectivity index (χ3v) is 5.45. The molecular formula is C16H21Cl. The molecular weight excluding hydrogens is 228 g/mol. The van der Waals surface area contributed by atoms with Crippen molar-refractivity contribution < 1.29 is 0 Å². The van der Waals surface area contributed by atoms with Crippen LogP contribution in [0.4, 0.5) is 0 Å². The number of halogens is 1. The molecule has 0 N–H and O–H groups in total. The number of hydrogen-bond acceptors (Lipinski definition) is 0. The van der Waals surface area contributed by atoms with Gasteiger partial charge in [0, 0.05) is 0 Å². The van der Waals surface area contributed by atoms with E-state index in [9.17, 15) is 0 Å². The van der Waals surface area contributed by atoms with E-state index in [1.54, 1.807) is 0 Å². The SMILES string of the molecule is CCc1ccc(C(Cl)C2CC3CCC2C3)cc1. The van der Waals surface area contributed by atoms with Crippen molar-refractivity contribution in [1.82, 2.24) is 0 Å². The lowest BCUT2D eigenvalue weighted by Crippen LogP contribution is -2.15. The maximum absolute atomic E-state index is 6.70. The van der Waals surface area contributed by atoms with E-state index in [2.05, 4.69) is 31.2 Å². The van der Waals surface area contributed by atoms with E-state index in [1.165, 1.54) is 36.8 Å². The molecule has 0 nitrogen and oxygen atoms in total. The van der Waals surface area contributed by atoms with E-state index in [4.69, 9.17) is 11.6 Å². The zero-order valence-corrected chi connectivity index (χ0v) is 11.3. The smallest absolute Gasteiger partial charge is 0.0616 e. The second-order valence-corrected chi connectivity index (χ2v) is 6.31. The van der Waals surface area contributed by atoms with E-state index in [0.717, 1.165) is 24.2 Å². The lowest BCUT2D eigenvalue weighted by atomic mass is 9.84. The fourth-order valence-corrected chi connectivity index (χ4v) is 4.29. The van der Waals surface area contributed by atoms with Gasteiger partial charge in [-0.15, -0.1) is 11.6 Å². The van der Waals surface area contributed by atoms with Crippen molar-refractivity contribution in [3.63, 3.8) is 0 Å². The minimum absolute atomic E-state index is 0.246. The van der Waals surface area contributed by atoms with Crippen LogP contribution in [0.15, 0.2) is 24.3 Å². The van der Waals surface area contributed by atoms with Gasteiger partial charge in [0.25, 0.3) is 0 Å². The Morgan fingerprint density at radius 2 is 1.94 bits per heavy atom. The normalized spacial score (nSPS) is 32.9. The fourth-order valence-electron chi connectivity index (χ4n) is 3.84. The minimum Gasteiger partial charge on any atom is -0.118 e. The van der Waals surface area contributed by atoms with Gasteiger partial charge in [0.2, 0.25) is 0 Å². The number of fused-ring (bicyclic) bond motifs is 2. The zero-order valence-electron chi connectivity index (χ0n) is 10.5. The first-order valence-corrected chi connectivity index (χ1v) is 7.44. The molecule has 92 valence electrons. The molecule has 2 aliphatic rings. The molecule has 2 fully saturated rings. The summed E-state index contributed by atoms with van der Waals surface area (Å²) >= 11 is 6.70. The molecule has 0 aliphatic heterocycles. The van der Waals surface area contributed by atoms with Gasteiger partial charge in [-0.3, -0.25) is 0 Å². The van der Waals surface area contributed by atoms with Crippen molar-refractivity contribution in [3.05, 3.63) is 35.4 Å². The minimum atomic E-state index is 0.246. The molecule has 1 aromatic carbocycles. The number of aryl methyl sites for hydroxylation is 1. The largest absolute Gasteiger partial charge is 0.118 e. The van der Waals surface area contributed by atoms with Crippen molar-refractivity contribution in [1.29, 1.82) is 0 Å². The Morgan fingerprint density at radius 3 is 2.47 bits per heavy atom. The molecule has 0 heterocycles. The molecule has 0 radical (unpaired) electrons. The lowest BCUT2D eigenvalue weighted by Gasteiger charge is -2.26. The van der Waals surface area contributed by atoms with E-state index in [1.807, 2.05) is 0 Å². The monoisotopic (exact) mass is 248 g/mol. The molecule has 2 saturated carbocycles. The van der Waals surface area contributed by atoms with Gasteiger partial charge in [-0.2, -0.15) is 0 Å². The average Bonchev–Trinajstić information content (AvgIpc) is 3.00. The molecule has 4 atom stereocenters. The summed E-state index contributed by atoms with van der Waals surface area (Å²) in [6.45, 7) is 2.20. The van der Waals surface area contributed by atoms with Crippen LogP contribution in [0.2, 0.25) is 0 Å². The Balaban J connectivity index is 1.74. The highest BCUT2D eigenvalue weighted by Crippen LogP contribution is 2.54. The summed E-state index contributed by atoms with van der Waals surface area (Å²) in [5, 5.41) is 0.246. The topological polar surface area (TPSA) is 0 Å². The van der Waals surface area contributed by atoms with Gasteiger partial charge < -0.3 is 0 Å². The van der Waals surface area contributed by atoms with Gasteiger partial charge in [-0.25, -0.2) is 0 Å². The van der Waals surface area contributed by atoms with E-state index in [-0.39, 0.29) is 5.38 Å². The van der Waals surface area contributed by atoms with Crippen molar-refractivity contribution in [2.75, 3.05) is 0 Å².